The van der Waals surface area contributed by atoms with Crippen molar-refractivity contribution in [2.45, 2.75) is 13.3 Å². The van der Waals surface area contributed by atoms with Crippen LogP contribution in [-0.2, 0) is 11.2 Å². The summed E-state index contributed by atoms with van der Waals surface area (Å²) in [6.45, 7) is 2.10. The van der Waals surface area contributed by atoms with Gasteiger partial charge < -0.3 is 15.4 Å². The first-order chi connectivity index (χ1) is 13.6. The maximum absolute atomic E-state index is 12.3. The molecule has 2 N–H and O–H groups in total. The highest BCUT2D eigenvalue weighted by Gasteiger charge is 2.10. The maximum atomic E-state index is 12.3. The number of methoxy groups -OCH3 is 1. The number of carbonyl (C=O) groups excluding carboxylic acids is 2. The van der Waals surface area contributed by atoms with Crippen molar-refractivity contribution < 1.29 is 14.3 Å². The van der Waals surface area contributed by atoms with Gasteiger partial charge in [-0.05, 0) is 60.5 Å². The Morgan fingerprint density at radius 1 is 0.893 bits per heavy atom. The molecule has 0 saturated carbocycles. The van der Waals surface area contributed by atoms with Gasteiger partial charge in [0.05, 0.1) is 12.7 Å². The fourth-order valence-electron chi connectivity index (χ4n) is 2.49. The van der Waals surface area contributed by atoms with Crippen LogP contribution in [0.4, 0.5) is 17.2 Å². The monoisotopic (exact) mass is 376 g/mol. The third-order valence-corrected chi connectivity index (χ3v) is 4.10. The molecule has 142 valence electrons. The molecule has 2 aromatic carbocycles. The van der Waals surface area contributed by atoms with Crippen LogP contribution in [0.1, 0.15) is 33.3 Å². The average Bonchev–Trinajstić information content (AvgIpc) is 2.74. The predicted molar refractivity (Wildman–Crippen MR) is 107 cm³/mol. The number of carbonyl (C=O) groups is 2. The van der Waals surface area contributed by atoms with Gasteiger partial charge in [0.25, 0.3) is 5.91 Å². The van der Waals surface area contributed by atoms with Crippen molar-refractivity contribution in [2.24, 2.45) is 0 Å². The Morgan fingerprint density at radius 2 is 1.57 bits per heavy atom. The van der Waals surface area contributed by atoms with E-state index in [9.17, 15) is 9.59 Å². The molecular formula is C21H20N4O3. The Morgan fingerprint density at radius 3 is 2.14 bits per heavy atom. The Hall–Kier alpha value is -3.74. The summed E-state index contributed by atoms with van der Waals surface area (Å²) < 4.78 is 4.64. The molecule has 0 fully saturated rings. The molecule has 0 unspecified atom stereocenters. The standard InChI is InChI=1S/C21H20N4O3/c1-3-14-4-8-16(9-5-14)22-19-13-12-18(24-25-19)20(26)23-17-10-6-15(7-11-17)21(27)28-2/h4-13H,3H2,1-2H3,(H,22,25)(H,23,26). The Kier molecular flexibility index (Phi) is 5.96. The molecular weight excluding hydrogens is 356 g/mol. The van der Waals surface area contributed by atoms with E-state index in [4.69, 9.17) is 0 Å². The average molecular weight is 376 g/mol. The number of nitrogens with one attached hydrogen (secondary N) is 2. The van der Waals surface area contributed by atoms with Gasteiger partial charge in [0.15, 0.2) is 11.5 Å². The van der Waals surface area contributed by atoms with E-state index in [0.717, 1.165) is 12.1 Å². The number of anilines is 3. The third kappa shape index (κ3) is 4.70. The summed E-state index contributed by atoms with van der Waals surface area (Å²) in [4.78, 5) is 23.7. The fraction of sp³-hybridized carbons (Fsp3) is 0.143. The topological polar surface area (TPSA) is 93.2 Å². The van der Waals surface area contributed by atoms with Gasteiger partial charge in [-0.3, -0.25) is 4.79 Å². The van der Waals surface area contributed by atoms with Gasteiger partial charge in [-0.1, -0.05) is 19.1 Å². The summed E-state index contributed by atoms with van der Waals surface area (Å²) in [6, 6.07) is 17.7. The quantitative estimate of drug-likeness (QED) is 0.635. The first-order valence-electron chi connectivity index (χ1n) is 8.78. The molecule has 3 aromatic rings. The fourth-order valence-corrected chi connectivity index (χ4v) is 2.49. The second-order valence-corrected chi connectivity index (χ2v) is 6.00. The molecule has 1 amide bonds. The van der Waals surface area contributed by atoms with Gasteiger partial charge in [-0.15, -0.1) is 10.2 Å². The summed E-state index contributed by atoms with van der Waals surface area (Å²) in [7, 11) is 1.31. The van der Waals surface area contributed by atoms with Crippen molar-refractivity contribution in [3.8, 4) is 0 Å². The minimum atomic E-state index is -0.434. The molecule has 1 heterocycles. The number of hydrogen-bond donors (Lipinski definition) is 2. The van der Waals surface area contributed by atoms with Gasteiger partial charge in [-0.25, -0.2) is 4.79 Å². The number of aromatic nitrogens is 2. The summed E-state index contributed by atoms with van der Waals surface area (Å²) in [5, 5.41) is 13.9. The molecule has 28 heavy (non-hydrogen) atoms. The van der Waals surface area contributed by atoms with E-state index in [1.165, 1.54) is 12.7 Å². The Balaban J connectivity index is 1.62. The second-order valence-electron chi connectivity index (χ2n) is 6.00. The van der Waals surface area contributed by atoms with E-state index in [1.807, 2.05) is 24.3 Å². The van der Waals surface area contributed by atoms with Crippen molar-refractivity contribution in [3.05, 3.63) is 77.5 Å². The number of benzene rings is 2. The lowest BCUT2D eigenvalue weighted by atomic mass is 10.1. The van der Waals surface area contributed by atoms with Crippen molar-refractivity contribution in [1.29, 1.82) is 0 Å². The highest BCUT2D eigenvalue weighted by Crippen LogP contribution is 2.16. The zero-order valence-corrected chi connectivity index (χ0v) is 15.6. The van der Waals surface area contributed by atoms with E-state index >= 15 is 0 Å². The van der Waals surface area contributed by atoms with Crippen LogP contribution in [0.2, 0.25) is 0 Å². The van der Waals surface area contributed by atoms with Crippen molar-refractivity contribution in [3.63, 3.8) is 0 Å². The van der Waals surface area contributed by atoms with Crippen molar-refractivity contribution in [2.75, 3.05) is 17.7 Å². The lowest BCUT2D eigenvalue weighted by Gasteiger charge is -2.07. The van der Waals surface area contributed by atoms with Crippen molar-refractivity contribution >= 4 is 29.1 Å². The van der Waals surface area contributed by atoms with E-state index in [1.54, 1.807) is 36.4 Å². The lowest BCUT2D eigenvalue weighted by molar-refractivity contribution is 0.0600. The molecule has 0 atom stereocenters. The summed E-state index contributed by atoms with van der Waals surface area (Å²) in [6.07, 6.45) is 0.981. The molecule has 0 aliphatic rings. The molecule has 7 nitrogen and oxygen atoms in total. The number of amides is 1. The Labute approximate surface area is 162 Å². The second kappa shape index (κ2) is 8.77. The molecule has 0 aliphatic carbocycles. The zero-order valence-electron chi connectivity index (χ0n) is 15.6. The number of hydrogen-bond acceptors (Lipinski definition) is 6. The van der Waals surface area contributed by atoms with Gasteiger partial charge in [0.1, 0.15) is 0 Å². The van der Waals surface area contributed by atoms with Crippen LogP contribution in [0.15, 0.2) is 60.7 Å². The summed E-state index contributed by atoms with van der Waals surface area (Å²) >= 11 is 0. The van der Waals surface area contributed by atoms with Crippen LogP contribution >= 0.6 is 0 Å². The van der Waals surface area contributed by atoms with Gasteiger partial charge in [0, 0.05) is 11.4 Å². The molecule has 0 aliphatic heterocycles. The SMILES string of the molecule is CCc1ccc(Nc2ccc(C(=O)Nc3ccc(C(=O)OC)cc3)nn2)cc1. The number of ether oxygens (including phenoxy) is 1. The molecule has 0 saturated heterocycles. The molecule has 1 aromatic heterocycles. The Bertz CT molecular complexity index is 952. The van der Waals surface area contributed by atoms with Crippen LogP contribution in [0.5, 0.6) is 0 Å². The van der Waals surface area contributed by atoms with Gasteiger partial charge in [0.2, 0.25) is 0 Å². The maximum Gasteiger partial charge on any atom is 0.337 e. The number of esters is 1. The molecule has 0 radical (unpaired) electrons. The van der Waals surface area contributed by atoms with E-state index in [0.29, 0.717) is 17.1 Å². The summed E-state index contributed by atoms with van der Waals surface area (Å²) in [5.74, 6) is -0.281. The minimum absolute atomic E-state index is 0.184. The van der Waals surface area contributed by atoms with Gasteiger partial charge in [-0.2, -0.15) is 0 Å². The van der Waals surface area contributed by atoms with Crippen LogP contribution in [-0.4, -0.2) is 29.2 Å². The van der Waals surface area contributed by atoms with Crippen LogP contribution in [0.25, 0.3) is 0 Å². The predicted octanol–water partition coefficient (Wildman–Crippen LogP) is 3.82. The van der Waals surface area contributed by atoms with E-state index in [2.05, 4.69) is 32.5 Å². The first kappa shape index (κ1) is 19.0. The number of aryl methyl sites for hydroxylation is 1. The van der Waals surface area contributed by atoms with E-state index in [-0.39, 0.29) is 5.69 Å². The van der Waals surface area contributed by atoms with E-state index < -0.39 is 11.9 Å². The molecule has 0 bridgehead atoms. The lowest BCUT2D eigenvalue weighted by Crippen LogP contribution is -2.14. The van der Waals surface area contributed by atoms with Gasteiger partial charge >= 0.3 is 5.97 Å². The third-order valence-electron chi connectivity index (χ3n) is 4.10. The number of nitrogens with zero attached hydrogens (tertiary/aromatic N) is 2. The van der Waals surface area contributed by atoms with Crippen LogP contribution in [0.3, 0.4) is 0 Å². The first-order valence-corrected chi connectivity index (χ1v) is 8.78. The smallest absolute Gasteiger partial charge is 0.337 e. The largest absolute Gasteiger partial charge is 0.465 e. The van der Waals surface area contributed by atoms with Crippen LogP contribution in [0, 0.1) is 0 Å². The summed E-state index contributed by atoms with van der Waals surface area (Å²) in [5.41, 5.74) is 3.28. The molecule has 3 rings (SSSR count). The molecule has 7 heteroatoms. The highest BCUT2D eigenvalue weighted by molar-refractivity contribution is 6.03. The minimum Gasteiger partial charge on any atom is -0.465 e. The number of rotatable bonds is 6. The highest BCUT2D eigenvalue weighted by atomic mass is 16.5. The zero-order chi connectivity index (χ0) is 19.9. The van der Waals surface area contributed by atoms with Crippen molar-refractivity contribution in [1.82, 2.24) is 10.2 Å². The molecule has 0 spiro atoms. The normalized spacial score (nSPS) is 10.2. The van der Waals surface area contributed by atoms with Crippen LogP contribution < -0.4 is 10.6 Å².